The minimum atomic E-state index is -1.35. The molecule has 0 radical (unpaired) electrons. The Morgan fingerprint density at radius 1 is 0.962 bits per heavy atom. The molecule has 1 fully saturated rings. The van der Waals surface area contributed by atoms with Crippen molar-refractivity contribution in [3.63, 3.8) is 0 Å². The molecule has 1 saturated carbocycles. The normalized spacial score (nSPS) is 19.3. The summed E-state index contributed by atoms with van der Waals surface area (Å²) in [4.78, 5) is 9.72. The van der Waals surface area contributed by atoms with Gasteiger partial charge in [-0.05, 0) is 37.1 Å². The van der Waals surface area contributed by atoms with Crippen LogP contribution >= 0.6 is 0 Å². The molecule has 2 nitrogen and oxygen atoms in total. The summed E-state index contributed by atoms with van der Waals surface area (Å²) in [6.45, 7) is 7.09. The van der Waals surface area contributed by atoms with Gasteiger partial charge in [-0.15, -0.1) is 0 Å². The number of hydrogen-bond donors (Lipinski definition) is 0. The summed E-state index contributed by atoms with van der Waals surface area (Å²) in [5.41, 5.74) is 2.31. The van der Waals surface area contributed by atoms with E-state index in [0.717, 1.165) is 5.69 Å². The predicted molar refractivity (Wildman–Crippen MR) is 115 cm³/mol. The first-order chi connectivity index (χ1) is 11.0. The minimum Gasteiger partial charge on any atom is -0.358 e. The van der Waals surface area contributed by atoms with Crippen LogP contribution in [0.1, 0.15) is 30.9 Å². The van der Waals surface area contributed by atoms with E-state index < -0.39 is 8.07 Å². The van der Waals surface area contributed by atoms with Crippen molar-refractivity contribution in [3.8, 4) is 0 Å². The van der Waals surface area contributed by atoms with Crippen LogP contribution in [0.4, 0.5) is 5.69 Å². The van der Waals surface area contributed by atoms with Gasteiger partial charge in [0.15, 0.2) is 0 Å². The molecule has 0 spiro atoms. The van der Waals surface area contributed by atoms with Gasteiger partial charge in [0.2, 0.25) is 0 Å². The quantitative estimate of drug-likeness (QED) is 0.322. The molecule has 2 aromatic rings. The number of rotatable bonds is 4. The molecule has 1 aliphatic rings. The maximum Gasteiger partial charge on any atom is 2.00 e. The van der Waals surface area contributed by atoms with Crippen molar-refractivity contribution in [1.29, 1.82) is 0 Å². The monoisotopic (exact) mass is 458 g/mol. The molecule has 144 valence electrons. The van der Waals surface area contributed by atoms with E-state index in [1.807, 2.05) is 18.2 Å². The van der Waals surface area contributed by atoms with E-state index in [1.54, 1.807) is 0 Å². The Balaban J connectivity index is 0.00000208. The Hall–Kier alpha value is -1.08. The van der Waals surface area contributed by atoms with Crippen LogP contribution in [0.2, 0.25) is 19.6 Å². The van der Waals surface area contributed by atoms with Gasteiger partial charge in [0.1, 0.15) is 8.07 Å². The van der Waals surface area contributed by atoms with Crippen LogP contribution in [0.5, 0.6) is 0 Å². The second-order valence-electron chi connectivity index (χ2n) is 7.51. The van der Waals surface area contributed by atoms with E-state index in [9.17, 15) is 0 Å². The Kier molecular flexibility index (Phi) is 10.5. The number of pyridine rings is 1. The molecule has 0 N–H and O–H groups in total. The van der Waals surface area contributed by atoms with Crippen LogP contribution in [0.3, 0.4) is 0 Å². The van der Waals surface area contributed by atoms with E-state index in [4.69, 9.17) is 9.98 Å². The fourth-order valence-electron chi connectivity index (χ4n) is 3.31. The molecule has 0 bridgehead atoms. The van der Waals surface area contributed by atoms with Crippen LogP contribution in [-0.4, -0.2) is 19.3 Å². The van der Waals surface area contributed by atoms with Gasteiger partial charge >= 0.3 is 20.4 Å². The Morgan fingerprint density at radius 3 is 2.31 bits per heavy atom. The first kappa shape index (κ1) is 24.9. The van der Waals surface area contributed by atoms with Crippen LogP contribution in [-0.2, 0) is 20.4 Å². The molecule has 1 heterocycles. The molecule has 26 heavy (non-hydrogen) atoms. The van der Waals surface area contributed by atoms with Crippen molar-refractivity contribution in [3.05, 3.63) is 69.1 Å². The van der Waals surface area contributed by atoms with Crippen molar-refractivity contribution in [2.75, 3.05) is 0 Å². The summed E-state index contributed by atoms with van der Waals surface area (Å²) in [6, 6.07) is 16.8. The largest absolute Gasteiger partial charge is 2.00 e. The minimum absolute atomic E-state index is 0. The first-order valence-electron chi connectivity index (χ1n) is 8.61. The average molecular weight is 459 g/mol. The molecule has 1 aliphatic carbocycles. The number of aromatic nitrogens is 1. The summed E-state index contributed by atoms with van der Waals surface area (Å²) in [5.74, 6) is 1.04. The van der Waals surface area contributed by atoms with Gasteiger partial charge in [-0.1, -0.05) is 50.3 Å². The average Bonchev–Trinajstić information content (AvgIpc) is 3.02. The molecule has 0 saturated heterocycles. The van der Waals surface area contributed by atoms with Crippen LogP contribution in [0, 0.1) is 20.8 Å². The maximum atomic E-state index is 5.03. The second-order valence-corrected chi connectivity index (χ2v) is 12.5. The summed E-state index contributed by atoms with van der Waals surface area (Å²) in [5, 5.41) is 1.32. The van der Waals surface area contributed by atoms with Crippen molar-refractivity contribution in [2.24, 2.45) is 10.9 Å². The van der Waals surface area contributed by atoms with E-state index in [0.29, 0.717) is 11.8 Å². The van der Waals surface area contributed by atoms with Gasteiger partial charge < -0.3 is 14.9 Å². The van der Waals surface area contributed by atoms with E-state index in [2.05, 4.69) is 56.2 Å². The summed E-state index contributed by atoms with van der Waals surface area (Å²) < 4.78 is 0. The van der Waals surface area contributed by atoms with Crippen LogP contribution in [0.15, 0.2) is 53.5 Å². The van der Waals surface area contributed by atoms with Gasteiger partial charge in [0, 0.05) is 29.1 Å². The van der Waals surface area contributed by atoms with Crippen LogP contribution < -0.4 is 5.32 Å². The number of nitrogens with zero attached hydrogens (tertiary/aromatic N) is 2. The zero-order valence-electron chi connectivity index (χ0n) is 16.7. The van der Waals surface area contributed by atoms with E-state index in [-0.39, 0.29) is 35.3 Å². The number of aliphatic imine (C=N–C) groups is 1. The summed E-state index contributed by atoms with van der Waals surface area (Å²) in [7, 11) is -1.35. The molecule has 0 amide bonds. The third-order valence-electron chi connectivity index (χ3n) is 4.66. The molecule has 4 heteroatoms. The first-order valence-corrected chi connectivity index (χ1v) is 12.1. The molecular formula is C22H32N2PdSi. The van der Waals surface area contributed by atoms with Crippen molar-refractivity contribution < 1.29 is 20.4 Å². The molecule has 1 aromatic heterocycles. The number of para-hydroxylation sites is 1. The fourth-order valence-corrected chi connectivity index (χ4v) is 4.37. The maximum absolute atomic E-state index is 5.03. The Labute approximate surface area is 175 Å². The van der Waals surface area contributed by atoms with Crippen molar-refractivity contribution >= 4 is 25.3 Å². The second kappa shape index (κ2) is 10.9. The SMILES string of the molecule is C[Si](C)(C)c1cccc(C2CCCC2C=Nc2ccccc2)n1.[CH3-].[CH3-].[Pd+2]. The Bertz CT molecular complexity index is 680. The smallest absolute Gasteiger partial charge is 0.358 e. The molecular weight excluding hydrogens is 427 g/mol. The summed E-state index contributed by atoms with van der Waals surface area (Å²) in [6.07, 6.45) is 5.89. The van der Waals surface area contributed by atoms with Gasteiger partial charge in [0.05, 0.1) is 5.69 Å². The number of benzene rings is 1. The predicted octanol–water partition coefficient (Wildman–Crippen LogP) is 5.81. The zero-order valence-corrected chi connectivity index (χ0v) is 19.2. The van der Waals surface area contributed by atoms with Gasteiger partial charge in [-0.25, -0.2) is 0 Å². The standard InChI is InChI=1S/C20H26N2Si.2CH3.Pd/c1-23(2,3)20-14-8-13-19(22-20)18-12-7-9-16(18)15-21-17-10-5-4-6-11-17;;;/h4-6,8,10-11,13-16,18H,7,9,12H2,1-3H3;2*1H3;/q;2*-1;+2. The van der Waals surface area contributed by atoms with E-state index >= 15 is 0 Å². The van der Waals surface area contributed by atoms with Crippen molar-refractivity contribution in [2.45, 2.75) is 44.8 Å². The number of hydrogen-bond acceptors (Lipinski definition) is 2. The van der Waals surface area contributed by atoms with Gasteiger partial charge in [0.25, 0.3) is 0 Å². The zero-order chi connectivity index (χ0) is 16.3. The third kappa shape index (κ3) is 6.27. The van der Waals surface area contributed by atoms with E-state index in [1.165, 1.54) is 30.3 Å². The molecule has 2 atom stereocenters. The van der Waals surface area contributed by atoms with Gasteiger partial charge in [-0.3, -0.25) is 9.98 Å². The third-order valence-corrected chi connectivity index (χ3v) is 6.47. The Morgan fingerprint density at radius 2 is 1.65 bits per heavy atom. The molecule has 3 rings (SSSR count). The van der Waals surface area contributed by atoms with Crippen molar-refractivity contribution in [1.82, 2.24) is 4.98 Å². The van der Waals surface area contributed by atoms with Gasteiger partial charge in [-0.2, -0.15) is 0 Å². The molecule has 1 aromatic carbocycles. The topological polar surface area (TPSA) is 25.2 Å². The summed E-state index contributed by atoms with van der Waals surface area (Å²) >= 11 is 0. The van der Waals surface area contributed by atoms with Crippen LogP contribution in [0.25, 0.3) is 0 Å². The molecule has 0 aliphatic heterocycles. The fraction of sp³-hybridized carbons (Fsp3) is 0.364. The molecule has 2 unspecified atom stereocenters.